The van der Waals surface area contributed by atoms with Gasteiger partial charge in [0, 0.05) is 34.8 Å². The number of rotatable bonds is 2. The second-order valence-electron chi connectivity index (χ2n) is 7.95. The highest BCUT2D eigenvalue weighted by molar-refractivity contribution is 8.14. The standard InChI is InChI=1S/C24H19FN4O2S/c25-18-6-16(9-27-11-18)14-3-4-21-19(7-14)24(13-32-23(26)29-24)20-8-17(10-28-22(20)31-21)15-2-1-5-30-12-15/h2-4,6-11H,1,5,12-13H2,(H2,26,29)/t24-/m0/s1. The Bertz CT molecular complexity index is 1310. The predicted molar refractivity (Wildman–Crippen MR) is 122 cm³/mol. The molecule has 32 heavy (non-hydrogen) atoms. The lowest BCUT2D eigenvalue weighted by molar-refractivity contribution is 0.164. The SMILES string of the molecule is NC1=N[C@@]2(CS1)c1cc(-c3cncc(F)c3)ccc1Oc1ncc(C3=CCCOC3)cc12. The minimum absolute atomic E-state index is 0.382. The van der Waals surface area contributed by atoms with Gasteiger partial charge in [0.25, 0.3) is 0 Å². The Hall–Kier alpha value is -3.23. The topological polar surface area (TPSA) is 82.6 Å². The molecule has 0 aliphatic carbocycles. The number of halogens is 1. The fraction of sp³-hybridized carbons (Fsp3) is 0.208. The van der Waals surface area contributed by atoms with E-state index in [-0.39, 0.29) is 5.82 Å². The molecule has 2 N–H and O–H groups in total. The summed E-state index contributed by atoms with van der Waals surface area (Å²) in [5.74, 6) is 1.45. The van der Waals surface area contributed by atoms with Gasteiger partial charge in [-0.25, -0.2) is 14.4 Å². The molecule has 6 rings (SSSR count). The molecule has 160 valence electrons. The summed E-state index contributed by atoms with van der Waals surface area (Å²) in [4.78, 5) is 13.5. The molecule has 0 fully saturated rings. The van der Waals surface area contributed by atoms with Gasteiger partial charge in [0.15, 0.2) is 5.17 Å². The third-order valence-electron chi connectivity index (χ3n) is 5.98. The van der Waals surface area contributed by atoms with Gasteiger partial charge in [-0.15, -0.1) is 0 Å². The van der Waals surface area contributed by atoms with Crippen molar-refractivity contribution in [2.24, 2.45) is 10.7 Å². The van der Waals surface area contributed by atoms with Crippen molar-refractivity contribution in [3.05, 3.63) is 77.5 Å². The number of hydrogen-bond donors (Lipinski definition) is 1. The van der Waals surface area contributed by atoms with Gasteiger partial charge in [-0.1, -0.05) is 23.9 Å². The van der Waals surface area contributed by atoms with E-state index in [0.717, 1.165) is 40.9 Å². The minimum atomic E-state index is -0.729. The van der Waals surface area contributed by atoms with Crippen molar-refractivity contribution in [1.29, 1.82) is 0 Å². The largest absolute Gasteiger partial charge is 0.438 e. The molecule has 2 aromatic heterocycles. The molecular formula is C24H19FN4O2S. The molecule has 0 amide bonds. The zero-order chi connectivity index (χ0) is 21.7. The van der Waals surface area contributed by atoms with Crippen LogP contribution in [0.15, 0.2) is 60.0 Å². The van der Waals surface area contributed by atoms with E-state index in [1.54, 1.807) is 6.20 Å². The Morgan fingerprint density at radius 2 is 1.94 bits per heavy atom. The molecule has 0 saturated carbocycles. The van der Waals surface area contributed by atoms with Crippen molar-refractivity contribution in [3.63, 3.8) is 0 Å². The van der Waals surface area contributed by atoms with E-state index in [9.17, 15) is 4.39 Å². The second-order valence-corrected chi connectivity index (χ2v) is 8.95. The number of amidine groups is 1. The quantitative estimate of drug-likeness (QED) is 0.624. The van der Waals surface area contributed by atoms with Crippen LogP contribution < -0.4 is 10.5 Å². The number of nitrogens with two attached hydrogens (primary N) is 1. The highest BCUT2D eigenvalue weighted by Gasteiger charge is 2.46. The average Bonchev–Trinajstić information content (AvgIpc) is 3.22. The number of pyridine rings is 2. The molecule has 1 spiro atoms. The Kier molecular flexibility index (Phi) is 4.51. The lowest BCUT2D eigenvalue weighted by Crippen LogP contribution is -2.31. The molecule has 0 saturated heterocycles. The highest BCUT2D eigenvalue weighted by Crippen LogP contribution is 2.53. The third kappa shape index (κ3) is 3.10. The van der Waals surface area contributed by atoms with E-state index in [2.05, 4.69) is 22.1 Å². The maximum Gasteiger partial charge on any atom is 0.225 e. The van der Waals surface area contributed by atoms with Crippen LogP contribution in [0, 0.1) is 5.82 Å². The van der Waals surface area contributed by atoms with Gasteiger partial charge in [-0.2, -0.15) is 0 Å². The minimum Gasteiger partial charge on any atom is -0.438 e. The lowest BCUT2D eigenvalue weighted by atomic mass is 9.81. The Morgan fingerprint density at radius 1 is 1.03 bits per heavy atom. The molecule has 0 unspecified atom stereocenters. The summed E-state index contributed by atoms with van der Waals surface area (Å²) < 4.78 is 25.6. The molecule has 0 radical (unpaired) electrons. The van der Waals surface area contributed by atoms with E-state index < -0.39 is 5.54 Å². The Labute approximate surface area is 188 Å². The van der Waals surface area contributed by atoms with Crippen LogP contribution in [0.5, 0.6) is 11.6 Å². The molecular weight excluding hydrogens is 427 g/mol. The average molecular weight is 447 g/mol. The smallest absolute Gasteiger partial charge is 0.225 e. The van der Waals surface area contributed by atoms with E-state index in [4.69, 9.17) is 20.2 Å². The normalized spacial score (nSPS) is 21.4. The van der Waals surface area contributed by atoms with Crippen LogP contribution in [-0.2, 0) is 10.3 Å². The lowest BCUT2D eigenvalue weighted by Gasteiger charge is -2.34. The van der Waals surface area contributed by atoms with E-state index in [0.29, 0.717) is 34.7 Å². The van der Waals surface area contributed by atoms with Crippen molar-refractivity contribution in [3.8, 4) is 22.8 Å². The maximum atomic E-state index is 13.8. The summed E-state index contributed by atoms with van der Waals surface area (Å²) in [6, 6.07) is 9.32. The summed E-state index contributed by atoms with van der Waals surface area (Å²) in [6.45, 7) is 1.29. The van der Waals surface area contributed by atoms with Crippen LogP contribution in [0.4, 0.5) is 4.39 Å². The number of ether oxygens (including phenoxy) is 2. The second kappa shape index (κ2) is 7.43. The third-order valence-corrected chi connectivity index (χ3v) is 6.93. The van der Waals surface area contributed by atoms with Gasteiger partial charge in [0.2, 0.25) is 5.88 Å². The molecule has 3 aliphatic heterocycles. The van der Waals surface area contributed by atoms with Crippen molar-refractivity contribution in [2.45, 2.75) is 12.0 Å². The fourth-order valence-corrected chi connectivity index (χ4v) is 5.36. The van der Waals surface area contributed by atoms with Crippen LogP contribution >= 0.6 is 11.8 Å². The van der Waals surface area contributed by atoms with Crippen molar-refractivity contribution < 1.29 is 13.9 Å². The van der Waals surface area contributed by atoms with Crippen molar-refractivity contribution in [2.75, 3.05) is 19.0 Å². The first-order valence-corrected chi connectivity index (χ1v) is 11.3. The molecule has 3 aromatic rings. The zero-order valence-corrected chi connectivity index (χ0v) is 17.9. The molecule has 0 bridgehead atoms. The van der Waals surface area contributed by atoms with Gasteiger partial charge >= 0.3 is 0 Å². The number of aliphatic imine (C=N–C) groups is 1. The molecule has 5 heterocycles. The predicted octanol–water partition coefficient (Wildman–Crippen LogP) is 4.50. The number of aromatic nitrogens is 2. The molecule has 6 nitrogen and oxygen atoms in total. The van der Waals surface area contributed by atoms with Crippen molar-refractivity contribution >= 4 is 22.5 Å². The first-order chi connectivity index (χ1) is 15.6. The first kappa shape index (κ1) is 19.5. The summed E-state index contributed by atoms with van der Waals surface area (Å²) in [5, 5.41) is 0.521. The van der Waals surface area contributed by atoms with E-state index >= 15 is 0 Å². The number of hydrogen-bond acceptors (Lipinski definition) is 7. The maximum absolute atomic E-state index is 13.8. The van der Waals surface area contributed by atoms with Crippen LogP contribution in [0.2, 0.25) is 0 Å². The van der Waals surface area contributed by atoms with Crippen LogP contribution in [0.1, 0.15) is 23.1 Å². The van der Waals surface area contributed by atoms with E-state index in [1.807, 2.05) is 24.4 Å². The summed E-state index contributed by atoms with van der Waals surface area (Å²) in [6.07, 6.45) is 7.72. The molecule has 1 aromatic carbocycles. The van der Waals surface area contributed by atoms with Crippen LogP contribution in [0.25, 0.3) is 16.7 Å². The van der Waals surface area contributed by atoms with Crippen LogP contribution in [-0.4, -0.2) is 34.1 Å². The van der Waals surface area contributed by atoms with Gasteiger partial charge < -0.3 is 15.2 Å². The number of fused-ring (bicyclic) bond motifs is 4. The number of benzene rings is 1. The molecule has 8 heteroatoms. The first-order valence-electron chi connectivity index (χ1n) is 10.3. The van der Waals surface area contributed by atoms with Crippen LogP contribution in [0.3, 0.4) is 0 Å². The van der Waals surface area contributed by atoms with Gasteiger partial charge in [-0.3, -0.25) is 4.98 Å². The fourth-order valence-electron chi connectivity index (χ4n) is 4.41. The van der Waals surface area contributed by atoms with Gasteiger partial charge in [-0.05, 0) is 47.4 Å². The van der Waals surface area contributed by atoms with E-state index in [1.165, 1.54) is 24.0 Å². The highest BCUT2D eigenvalue weighted by atomic mass is 32.2. The summed E-state index contributed by atoms with van der Waals surface area (Å²) in [7, 11) is 0. The van der Waals surface area contributed by atoms with Gasteiger partial charge in [0.1, 0.15) is 17.1 Å². The summed E-state index contributed by atoms with van der Waals surface area (Å²) in [5.41, 5.74) is 10.8. The molecule has 3 aliphatic rings. The monoisotopic (exact) mass is 446 g/mol. The Balaban J connectivity index is 1.53. The number of nitrogens with zero attached hydrogens (tertiary/aromatic N) is 3. The zero-order valence-electron chi connectivity index (χ0n) is 17.0. The Morgan fingerprint density at radius 3 is 2.72 bits per heavy atom. The van der Waals surface area contributed by atoms with Gasteiger partial charge in [0.05, 0.1) is 19.4 Å². The molecule has 1 atom stereocenters. The summed E-state index contributed by atoms with van der Waals surface area (Å²) >= 11 is 1.51. The van der Waals surface area contributed by atoms with Crippen molar-refractivity contribution in [1.82, 2.24) is 9.97 Å². The number of thioether (sulfide) groups is 1.